The fourth-order valence-corrected chi connectivity index (χ4v) is 2.05. The van der Waals surface area contributed by atoms with Crippen LogP contribution in [0, 0.1) is 5.41 Å². The first-order valence-electron chi connectivity index (χ1n) is 4.87. The zero-order valence-corrected chi connectivity index (χ0v) is 9.02. The zero-order valence-electron chi connectivity index (χ0n) is 9.02. The van der Waals surface area contributed by atoms with Gasteiger partial charge < -0.3 is 10.0 Å². The van der Waals surface area contributed by atoms with E-state index in [9.17, 15) is 26.7 Å². The second kappa shape index (κ2) is 4.08. The van der Waals surface area contributed by atoms with Crippen LogP contribution < -0.4 is 0 Å². The number of halogens is 5. The molecule has 1 atom stereocenters. The minimum absolute atomic E-state index is 0.125. The summed E-state index contributed by atoms with van der Waals surface area (Å²) in [6.45, 7) is -0.936. The number of aliphatic carboxylic acids is 1. The number of alkyl halides is 5. The third kappa shape index (κ3) is 2.67. The van der Waals surface area contributed by atoms with Crippen molar-refractivity contribution in [3.8, 4) is 0 Å². The predicted octanol–water partition coefficient (Wildman–Crippen LogP) is 1.98. The van der Waals surface area contributed by atoms with Crippen LogP contribution in [0.3, 0.4) is 0 Å². The Hall–Kier alpha value is -0.920. The molecule has 8 heteroatoms. The molecule has 0 aromatic rings. The van der Waals surface area contributed by atoms with Gasteiger partial charge in [-0.1, -0.05) is 0 Å². The lowest BCUT2D eigenvalue weighted by molar-refractivity contribution is -0.236. The third-order valence-corrected chi connectivity index (χ3v) is 2.96. The summed E-state index contributed by atoms with van der Waals surface area (Å²) in [6, 6.07) is 0. The lowest BCUT2D eigenvalue weighted by Gasteiger charge is -2.44. The fourth-order valence-electron chi connectivity index (χ4n) is 2.05. The number of carboxylic acid groups (broad SMARTS) is 1. The SMILES string of the molecule is CN1CCC(F)(F)C(CC(F)(F)F)(C(=O)O)C1. The number of carboxylic acids is 1. The van der Waals surface area contributed by atoms with Gasteiger partial charge in [0, 0.05) is 19.5 Å². The Morgan fingerprint density at radius 1 is 1.41 bits per heavy atom. The molecule has 1 unspecified atom stereocenters. The predicted molar refractivity (Wildman–Crippen MR) is 47.8 cm³/mol. The first kappa shape index (κ1) is 14.1. The Kier molecular flexibility index (Phi) is 3.39. The van der Waals surface area contributed by atoms with Gasteiger partial charge in [-0.15, -0.1) is 0 Å². The molecule has 0 bridgehead atoms. The molecule has 0 aromatic carbocycles. The van der Waals surface area contributed by atoms with Crippen LogP contribution >= 0.6 is 0 Å². The highest BCUT2D eigenvalue weighted by Crippen LogP contribution is 2.49. The van der Waals surface area contributed by atoms with Crippen LogP contribution in [0.1, 0.15) is 12.8 Å². The number of rotatable bonds is 2. The van der Waals surface area contributed by atoms with Gasteiger partial charge in [0.1, 0.15) is 0 Å². The molecule has 100 valence electrons. The van der Waals surface area contributed by atoms with Crippen LogP contribution in [-0.4, -0.2) is 48.2 Å². The number of nitrogens with zero attached hydrogens (tertiary/aromatic N) is 1. The highest BCUT2D eigenvalue weighted by atomic mass is 19.4. The van der Waals surface area contributed by atoms with Crippen LogP contribution in [0.2, 0.25) is 0 Å². The van der Waals surface area contributed by atoms with E-state index in [2.05, 4.69) is 0 Å². The zero-order chi connectivity index (χ0) is 13.5. The minimum Gasteiger partial charge on any atom is -0.481 e. The fraction of sp³-hybridized carbons (Fsp3) is 0.889. The molecule has 0 radical (unpaired) electrons. The Labute approximate surface area is 94.2 Å². The minimum atomic E-state index is -4.94. The third-order valence-electron chi connectivity index (χ3n) is 2.96. The molecule has 3 nitrogen and oxygen atoms in total. The lowest BCUT2D eigenvalue weighted by atomic mass is 9.73. The van der Waals surface area contributed by atoms with E-state index in [0.29, 0.717) is 0 Å². The average Bonchev–Trinajstić information content (AvgIpc) is 2.09. The molecule has 1 fully saturated rings. The number of piperidine rings is 1. The van der Waals surface area contributed by atoms with Gasteiger partial charge in [-0.05, 0) is 7.05 Å². The van der Waals surface area contributed by atoms with Gasteiger partial charge in [0.25, 0.3) is 5.92 Å². The van der Waals surface area contributed by atoms with Gasteiger partial charge in [-0.25, -0.2) is 8.78 Å². The summed E-state index contributed by atoms with van der Waals surface area (Å²) in [5.74, 6) is -5.97. The van der Waals surface area contributed by atoms with Crippen molar-refractivity contribution in [2.75, 3.05) is 20.1 Å². The Balaban J connectivity index is 3.15. The van der Waals surface area contributed by atoms with Crippen molar-refractivity contribution in [3.63, 3.8) is 0 Å². The van der Waals surface area contributed by atoms with E-state index in [1.54, 1.807) is 0 Å². The normalized spacial score (nSPS) is 30.2. The highest BCUT2D eigenvalue weighted by Gasteiger charge is 2.65. The Morgan fingerprint density at radius 3 is 2.35 bits per heavy atom. The number of carbonyl (C=O) groups is 1. The van der Waals surface area contributed by atoms with Crippen LogP contribution in [0.4, 0.5) is 22.0 Å². The first-order valence-corrected chi connectivity index (χ1v) is 4.87. The molecule has 0 spiro atoms. The summed E-state index contributed by atoms with van der Waals surface area (Å²) in [5, 5.41) is 8.80. The number of hydrogen-bond acceptors (Lipinski definition) is 2. The monoisotopic (exact) mass is 261 g/mol. The summed E-state index contributed by atoms with van der Waals surface area (Å²) >= 11 is 0. The highest BCUT2D eigenvalue weighted by molar-refractivity contribution is 5.76. The first-order chi connectivity index (χ1) is 7.50. The molecule has 1 N–H and O–H groups in total. The molecule has 1 saturated heterocycles. The second-order valence-corrected chi connectivity index (χ2v) is 4.37. The largest absolute Gasteiger partial charge is 0.481 e. The van der Waals surface area contributed by atoms with Crippen molar-refractivity contribution >= 4 is 5.97 Å². The maximum absolute atomic E-state index is 13.6. The molecule has 0 amide bonds. The number of likely N-dealkylation sites (tertiary alicyclic amines) is 1. The van der Waals surface area contributed by atoms with Gasteiger partial charge in [-0.2, -0.15) is 13.2 Å². The van der Waals surface area contributed by atoms with Gasteiger partial charge in [-0.3, -0.25) is 4.79 Å². The average molecular weight is 261 g/mol. The summed E-state index contributed by atoms with van der Waals surface area (Å²) in [4.78, 5) is 12.1. The van der Waals surface area contributed by atoms with Crippen molar-refractivity contribution in [3.05, 3.63) is 0 Å². The molecule has 1 heterocycles. The standard InChI is InChI=1S/C9H12F5NO2/c1-15-3-2-8(10,11)7(5-15,6(16)17)4-9(12,13)14/h2-5H2,1H3,(H,16,17). The van der Waals surface area contributed by atoms with Crippen molar-refractivity contribution in [1.82, 2.24) is 4.90 Å². The summed E-state index contributed by atoms with van der Waals surface area (Å²) < 4.78 is 64.0. The molecular formula is C9H12F5NO2. The topological polar surface area (TPSA) is 40.5 Å². The van der Waals surface area contributed by atoms with E-state index in [4.69, 9.17) is 5.11 Å². The lowest BCUT2D eigenvalue weighted by Crippen LogP contribution is -2.60. The molecule has 0 aromatic heterocycles. The summed E-state index contributed by atoms with van der Waals surface area (Å²) in [7, 11) is 1.32. The molecule has 0 aliphatic carbocycles. The van der Waals surface area contributed by atoms with Crippen LogP contribution in [0.25, 0.3) is 0 Å². The van der Waals surface area contributed by atoms with E-state index >= 15 is 0 Å². The quantitative estimate of drug-likeness (QED) is 0.773. The van der Waals surface area contributed by atoms with Crippen LogP contribution in [0.15, 0.2) is 0 Å². The molecule has 1 aliphatic heterocycles. The van der Waals surface area contributed by atoms with Crippen LogP contribution in [0.5, 0.6) is 0 Å². The van der Waals surface area contributed by atoms with E-state index < -0.39 is 42.9 Å². The van der Waals surface area contributed by atoms with Crippen molar-refractivity contribution in [2.45, 2.75) is 24.9 Å². The number of hydrogen-bond donors (Lipinski definition) is 1. The molecular weight excluding hydrogens is 249 g/mol. The Bertz CT molecular complexity index is 317. The molecule has 1 aliphatic rings. The maximum atomic E-state index is 13.6. The van der Waals surface area contributed by atoms with Gasteiger partial charge >= 0.3 is 12.1 Å². The Morgan fingerprint density at radius 2 is 1.94 bits per heavy atom. The maximum Gasteiger partial charge on any atom is 0.390 e. The van der Waals surface area contributed by atoms with E-state index in [0.717, 1.165) is 0 Å². The van der Waals surface area contributed by atoms with Crippen LogP contribution in [-0.2, 0) is 4.79 Å². The van der Waals surface area contributed by atoms with Crippen molar-refractivity contribution < 1.29 is 31.9 Å². The molecule has 1 rings (SSSR count). The van der Waals surface area contributed by atoms with Gasteiger partial charge in [0.05, 0.1) is 6.42 Å². The summed E-state index contributed by atoms with van der Waals surface area (Å²) in [5.41, 5.74) is -3.09. The van der Waals surface area contributed by atoms with E-state index in [-0.39, 0.29) is 6.54 Å². The second-order valence-electron chi connectivity index (χ2n) is 4.37. The molecule has 0 saturated carbocycles. The molecule has 17 heavy (non-hydrogen) atoms. The van der Waals surface area contributed by atoms with Crippen molar-refractivity contribution in [2.24, 2.45) is 5.41 Å². The van der Waals surface area contributed by atoms with Gasteiger partial charge in [0.15, 0.2) is 5.41 Å². The van der Waals surface area contributed by atoms with Crippen molar-refractivity contribution in [1.29, 1.82) is 0 Å². The summed E-state index contributed by atoms with van der Waals surface area (Å²) in [6.07, 6.45) is -7.85. The van der Waals surface area contributed by atoms with Gasteiger partial charge in [0.2, 0.25) is 0 Å². The smallest absolute Gasteiger partial charge is 0.390 e. The van der Waals surface area contributed by atoms with E-state index in [1.165, 1.54) is 11.9 Å². The van der Waals surface area contributed by atoms with E-state index in [1.807, 2.05) is 0 Å².